The Balaban J connectivity index is 1.68. The maximum atomic E-state index is 11.6. The normalized spacial score (nSPS) is 9.82. The molecular weight excluding hydrogens is 284 g/mol. The Bertz CT molecular complexity index is 629. The quantitative estimate of drug-likeness (QED) is 0.434. The number of nitrogens with one attached hydrogen (secondary N) is 3. The van der Waals surface area contributed by atoms with Gasteiger partial charge in [-0.15, -0.1) is 0 Å². The number of nitrogens with zero attached hydrogens (tertiary/aromatic N) is 1. The first-order chi connectivity index (χ1) is 10.6. The number of rotatable bonds is 6. The van der Waals surface area contributed by atoms with Crippen molar-refractivity contribution in [2.75, 3.05) is 23.7 Å². The summed E-state index contributed by atoms with van der Waals surface area (Å²) in [5, 5.41) is 19.0. The molecule has 0 aromatic heterocycles. The van der Waals surface area contributed by atoms with E-state index in [0.29, 0.717) is 13.1 Å². The van der Waals surface area contributed by atoms with Crippen molar-refractivity contribution < 1.29 is 9.72 Å². The number of nitro benzene ring substituents is 1. The predicted molar refractivity (Wildman–Crippen MR) is 85.0 cm³/mol. The first-order valence-corrected chi connectivity index (χ1v) is 6.73. The van der Waals surface area contributed by atoms with Crippen LogP contribution < -0.4 is 16.0 Å². The second kappa shape index (κ2) is 7.63. The molecule has 22 heavy (non-hydrogen) atoms. The van der Waals surface area contributed by atoms with Crippen molar-refractivity contribution in [3.63, 3.8) is 0 Å². The average Bonchev–Trinajstić information content (AvgIpc) is 2.53. The summed E-state index contributed by atoms with van der Waals surface area (Å²) in [5.74, 6) is 0. The van der Waals surface area contributed by atoms with Gasteiger partial charge in [-0.25, -0.2) is 4.79 Å². The molecule has 0 saturated heterocycles. The van der Waals surface area contributed by atoms with E-state index in [1.54, 1.807) is 24.3 Å². The van der Waals surface area contributed by atoms with Gasteiger partial charge in [0, 0.05) is 36.6 Å². The molecule has 0 bridgehead atoms. The van der Waals surface area contributed by atoms with E-state index in [4.69, 9.17) is 0 Å². The van der Waals surface area contributed by atoms with Crippen LogP contribution in [0.4, 0.5) is 21.9 Å². The topological polar surface area (TPSA) is 96.3 Å². The minimum Gasteiger partial charge on any atom is -0.383 e. The number of nitro groups is 1. The lowest BCUT2D eigenvalue weighted by atomic mass is 10.3. The molecule has 3 N–H and O–H groups in total. The Morgan fingerprint density at radius 3 is 2.27 bits per heavy atom. The van der Waals surface area contributed by atoms with Crippen LogP contribution in [0.15, 0.2) is 54.6 Å². The van der Waals surface area contributed by atoms with Crippen LogP contribution in [-0.2, 0) is 0 Å². The molecule has 7 heteroatoms. The smallest absolute Gasteiger partial charge is 0.319 e. The first kappa shape index (κ1) is 15.3. The summed E-state index contributed by atoms with van der Waals surface area (Å²) in [6.07, 6.45) is 0. The van der Waals surface area contributed by atoms with Crippen LogP contribution >= 0.6 is 0 Å². The minimum absolute atomic E-state index is 0.0471. The molecule has 2 aromatic carbocycles. The molecule has 2 amide bonds. The molecule has 0 spiro atoms. The van der Waals surface area contributed by atoms with Crippen LogP contribution in [0.2, 0.25) is 0 Å². The Hall–Kier alpha value is -3.09. The van der Waals surface area contributed by atoms with Gasteiger partial charge < -0.3 is 16.0 Å². The highest BCUT2D eigenvalue weighted by Crippen LogP contribution is 2.14. The number of hydrogen-bond acceptors (Lipinski definition) is 4. The van der Waals surface area contributed by atoms with Crippen molar-refractivity contribution in [1.29, 1.82) is 0 Å². The molecule has 0 saturated carbocycles. The molecule has 0 aliphatic heterocycles. The standard InChI is InChI=1S/C15H16N4O3/c20-15(18-13-4-2-1-3-5-13)17-11-10-16-12-6-8-14(9-7-12)19(21)22/h1-9,16H,10-11H2,(H2,17,18,20). The SMILES string of the molecule is O=C(NCCNc1ccc([N+](=O)[O-])cc1)Nc1ccccc1. The molecule has 0 unspecified atom stereocenters. The highest BCUT2D eigenvalue weighted by Gasteiger charge is 2.03. The fraction of sp³-hybridized carbons (Fsp3) is 0.133. The molecule has 0 heterocycles. The van der Waals surface area contributed by atoms with Gasteiger partial charge in [0.2, 0.25) is 0 Å². The molecule has 0 aliphatic rings. The van der Waals surface area contributed by atoms with Crippen LogP contribution in [0.1, 0.15) is 0 Å². The predicted octanol–water partition coefficient (Wildman–Crippen LogP) is 2.83. The molecular formula is C15H16N4O3. The Morgan fingerprint density at radius 1 is 0.955 bits per heavy atom. The molecule has 7 nitrogen and oxygen atoms in total. The molecule has 0 fully saturated rings. The van der Waals surface area contributed by atoms with E-state index in [1.807, 2.05) is 18.2 Å². The Labute approximate surface area is 127 Å². The zero-order valence-electron chi connectivity index (χ0n) is 11.8. The number of non-ortho nitro benzene ring substituents is 1. The third-order valence-corrected chi connectivity index (χ3v) is 2.85. The number of anilines is 2. The van der Waals surface area contributed by atoms with Crippen LogP contribution in [0.25, 0.3) is 0 Å². The van der Waals surface area contributed by atoms with E-state index in [1.165, 1.54) is 12.1 Å². The zero-order chi connectivity index (χ0) is 15.8. The number of hydrogen-bond donors (Lipinski definition) is 3. The average molecular weight is 300 g/mol. The summed E-state index contributed by atoms with van der Waals surface area (Å²) in [5.41, 5.74) is 1.53. The van der Waals surface area contributed by atoms with Crippen molar-refractivity contribution >= 4 is 23.1 Å². The summed E-state index contributed by atoms with van der Waals surface area (Å²) in [4.78, 5) is 21.7. The molecule has 0 aliphatic carbocycles. The van der Waals surface area contributed by atoms with Crippen molar-refractivity contribution in [3.8, 4) is 0 Å². The molecule has 2 aromatic rings. The third kappa shape index (κ3) is 4.78. The van der Waals surface area contributed by atoms with E-state index in [-0.39, 0.29) is 11.7 Å². The van der Waals surface area contributed by atoms with Crippen LogP contribution in [-0.4, -0.2) is 24.0 Å². The van der Waals surface area contributed by atoms with Crippen LogP contribution in [0.5, 0.6) is 0 Å². The van der Waals surface area contributed by atoms with Gasteiger partial charge in [0.1, 0.15) is 0 Å². The fourth-order valence-electron chi connectivity index (χ4n) is 1.78. The van der Waals surface area contributed by atoms with Crippen molar-refractivity contribution in [1.82, 2.24) is 5.32 Å². The number of carbonyl (C=O) groups is 1. The Kier molecular flexibility index (Phi) is 5.31. The van der Waals surface area contributed by atoms with E-state index in [2.05, 4.69) is 16.0 Å². The highest BCUT2D eigenvalue weighted by atomic mass is 16.6. The van der Waals surface area contributed by atoms with Gasteiger partial charge in [-0.05, 0) is 24.3 Å². The second-order valence-corrected chi connectivity index (χ2v) is 4.48. The maximum absolute atomic E-state index is 11.6. The summed E-state index contributed by atoms with van der Waals surface area (Å²) >= 11 is 0. The van der Waals surface area contributed by atoms with Gasteiger partial charge in [0.05, 0.1) is 4.92 Å². The zero-order valence-corrected chi connectivity index (χ0v) is 11.8. The number of benzene rings is 2. The number of amides is 2. The molecule has 0 atom stereocenters. The van der Waals surface area contributed by atoms with E-state index < -0.39 is 4.92 Å². The Morgan fingerprint density at radius 2 is 1.64 bits per heavy atom. The lowest BCUT2D eigenvalue weighted by molar-refractivity contribution is -0.384. The number of carbonyl (C=O) groups excluding carboxylic acids is 1. The lowest BCUT2D eigenvalue weighted by Crippen LogP contribution is -2.32. The lowest BCUT2D eigenvalue weighted by Gasteiger charge is -2.09. The van der Waals surface area contributed by atoms with E-state index >= 15 is 0 Å². The fourth-order valence-corrected chi connectivity index (χ4v) is 1.78. The second-order valence-electron chi connectivity index (χ2n) is 4.48. The summed E-state index contributed by atoms with van der Waals surface area (Å²) < 4.78 is 0. The van der Waals surface area contributed by atoms with Crippen LogP contribution in [0, 0.1) is 10.1 Å². The van der Waals surface area contributed by atoms with E-state index in [9.17, 15) is 14.9 Å². The van der Waals surface area contributed by atoms with Crippen molar-refractivity contribution in [3.05, 3.63) is 64.7 Å². The van der Waals surface area contributed by atoms with Crippen molar-refractivity contribution in [2.45, 2.75) is 0 Å². The van der Waals surface area contributed by atoms with Crippen molar-refractivity contribution in [2.24, 2.45) is 0 Å². The molecule has 114 valence electrons. The van der Waals surface area contributed by atoms with Crippen LogP contribution in [0.3, 0.4) is 0 Å². The summed E-state index contributed by atoms with van der Waals surface area (Å²) in [7, 11) is 0. The highest BCUT2D eigenvalue weighted by molar-refractivity contribution is 5.89. The summed E-state index contributed by atoms with van der Waals surface area (Å²) in [6.45, 7) is 0.940. The molecule has 2 rings (SSSR count). The van der Waals surface area contributed by atoms with Gasteiger partial charge in [-0.1, -0.05) is 18.2 Å². The molecule has 0 radical (unpaired) electrons. The van der Waals surface area contributed by atoms with Gasteiger partial charge in [-0.2, -0.15) is 0 Å². The third-order valence-electron chi connectivity index (χ3n) is 2.85. The van der Waals surface area contributed by atoms with Gasteiger partial charge in [0.15, 0.2) is 0 Å². The largest absolute Gasteiger partial charge is 0.383 e. The van der Waals surface area contributed by atoms with Gasteiger partial charge in [-0.3, -0.25) is 10.1 Å². The number of urea groups is 1. The minimum atomic E-state index is -0.445. The maximum Gasteiger partial charge on any atom is 0.319 e. The van der Waals surface area contributed by atoms with Gasteiger partial charge >= 0.3 is 6.03 Å². The summed E-state index contributed by atoms with van der Waals surface area (Å²) in [6, 6.07) is 15.0. The first-order valence-electron chi connectivity index (χ1n) is 6.73. The van der Waals surface area contributed by atoms with E-state index in [0.717, 1.165) is 11.4 Å². The number of para-hydroxylation sites is 1. The van der Waals surface area contributed by atoms with Gasteiger partial charge in [0.25, 0.3) is 5.69 Å². The monoisotopic (exact) mass is 300 g/mol.